The molecule has 0 atom stereocenters. The van der Waals surface area contributed by atoms with Gasteiger partial charge >= 0.3 is 0 Å². The van der Waals surface area contributed by atoms with Crippen LogP contribution in [0.5, 0.6) is 0 Å². The van der Waals surface area contributed by atoms with Crippen LogP contribution in [0.15, 0.2) is 67.1 Å². The molecule has 0 bridgehead atoms. The standard InChI is InChI=1S/C21H22N4O/c1-15(2)17-5-7-18(8-6-17)25-21(26)20-10-9-19(14-24-20)23-13-16-4-3-11-22-12-16/h3-12,14-15,23H,13H2,1-2H3,(H,25,26). The minimum absolute atomic E-state index is 0.221. The van der Waals surface area contributed by atoms with Crippen molar-refractivity contribution >= 4 is 17.3 Å². The number of hydrogen-bond donors (Lipinski definition) is 2. The second kappa shape index (κ2) is 8.25. The van der Waals surface area contributed by atoms with E-state index >= 15 is 0 Å². The Bertz CT molecular complexity index is 843. The van der Waals surface area contributed by atoms with Gasteiger partial charge in [0.15, 0.2) is 0 Å². The number of aromatic nitrogens is 2. The molecule has 5 heteroatoms. The van der Waals surface area contributed by atoms with Gasteiger partial charge in [-0.1, -0.05) is 32.0 Å². The lowest BCUT2D eigenvalue weighted by Crippen LogP contribution is -2.13. The van der Waals surface area contributed by atoms with E-state index < -0.39 is 0 Å². The van der Waals surface area contributed by atoms with Crippen LogP contribution in [0.4, 0.5) is 11.4 Å². The van der Waals surface area contributed by atoms with Crippen molar-refractivity contribution in [2.24, 2.45) is 0 Å². The van der Waals surface area contributed by atoms with E-state index in [-0.39, 0.29) is 5.91 Å². The van der Waals surface area contributed by atoms with Crippen LogP contribution in [0, 0.1) is 0 Å². The first-order valence-electron chi connectivity index (χ1n) is 8.62. The van der Waals surface area contributed by atoms with Gasteiger partial charge in [-0.2, -0.15) is 0 Å². The van der Waals surface area contributed by atoms with Crippen LogP contribution < -0.4 is 10.6 Å². The first kappa shape index (κ1) is 17.6. The Morgan fingerprint density at radius 2 is 1.77 bits per heavy atom. The van der Waals surface area contributed by atoms with Crippen LogP contribution in [-0.4, -0.2) is 15.9 Å². The van der Waals surface area contributed by atoms with Gasteiger partial charge in [-0.05, 0) is 47.4 Å². The fraction of sp³-hybridized carbons (Fsp3) is 0.190. The minimum Gasteiger partial charge on any atom is -0.380 e. The number of carbonyl (C=O) groups is 1. The third kappa shape index (κ3) is 4.66. The van der Waals surface area contributed by atoms with Crippen molar-refractivity contribution in [2.75, 3.05) is 10.6 Å². The Balaban J connectivity index is 1.58. The second-order valence-electron chi connectivity index (χ2n) is 6.38. The van der Waals surface area contributed by atoms with Crippen molar-refractivity contribution in [3.8, 4) is 0 Å². The van der Waals surface area contributed by atoms with Gasteiger partial charge in [0, 0.05) is 24.6 Å². The summed E-state index contributed by atoms with van der Waals surface area (Å²) >= 11 is 0. The Morgan fingerprint density at radius 1 is 1.00 bits per heavy atom. The molecular weight excluding hydrogens is 324 g/mol. The lowest BCUT2D eigenvalue weighted by Gasteiger charge is -2.09. The van der Waals surface area contributed by atoms with Crippen LogP contribution in [0.3, 0.4) is 0 Å². The van der Waals surface area contributed by atoms with Gasteiger partial charge in [0.05, 0.1) is 11.9 Å². The summed E-state index contributed by atoms with van der Waals surface area (Å²) in [6.45, 7) is 4.94. The number of amides is 1. The van der Waals surface area contributed by atoms with Crippen molar-refractivity contribution in [2.45, 2.75) is 26.3 Å². The Morgan fingerprint density at radius 3 is 2.38 bits per heavy atom. The van der Waals surface area contributed by atoms with E-state index in [1.54, 1.807) is 18.5 Å². The van der Waals surface area contributed by atoms with Gasteiger partial charge in [-0.15, -0.1) is 0 Å². The predicted molar refractivity (Wildman–Crippen MR) is 104 cm³/mol. The molecule has 132 valence electrons. The molecule has 0 spiro atoms. The van der Waals surface area contributed by atoms with E-state index in [4.69, 9.17) is 0 Å². The van der Waals surface area contributed by atoms with E-state index in [2.05, 4.69) is 34.4 Å². The molecule has 2 aromatic heterocycles. The van der Waals surface area contributed by atoms with E-state index in [9.17, 15) is 4.79 Å². The van der Waals surface area contributed by atoms with Crippen LogP contribution in [-0.2, 0) is 6.54 Å². The summed E-state index contributed by atoms with van der Waals surface area (Å²) in [5.41, 5.74) is 4.32. The van der Waals surface area contributed by atoms with Crippen molar-refractivity contribution in [3.63, 3.8) is 0 Å². The molecule has 0 saturated carbocycles. The number of nitrogens with one attached hydrogen (secondary N) is 2. The largest absolute Gasteiger partial charge is 0.380 e. The van der Waals surface area contributed by atoms with Gasteiger partial charge in [0.1, 0.15) is 5.69 Å². The van der Waals surface area contributed by atoms with Gasteiger partial charge in [-0.3, -0.25) is 9.78 Å². The van der Waals surface area contributed by atoms with Crippen LogP contribution in [0.1, 0.15) is 41.4 Å². The van der Waals surface area contributed by atoms with Gasteiger partial charge < -0.3 is 10.6 Å². The summed E-state index contributed by atoms with van der Waals surface area (Å²) in [7, 11) is 0. The maximum absolute atomic E-state index is 12.3. The normalized spacial score (nSPS) is 10.6. The zero-order valence-corrected chi connectivity index (χ0v) is 14.9. The van der Waals surface area contributed by atoms with Crippen LogP contribution >= 0.6 is 0 Å². The average molecular weight is 346 g/mol. The summed E-state index contributed by atoms with van der Waals surface area (Å²) in [6, 6.07) is 15.3. The molecule has 26 heavy (non-hydrogen) atoms. The fourth-order valence-electron chi connectivity index (χ4n) is 2.49. The number of rotatable bonds is 6. The Kier molecular flexibility index (Phi) is 5.59. The Labute approximate surface area is 153 Å². The molecule has 3 aromatic rings. The number of nitrogens with zero attached hydrogens (tertiary/aromatic N) is 2. The Hall–Kier alpha value is -3.21. The van der Waals surface area contributed by atoms with Crippen molar-refractivity contribution < 1.29 is 4.79 Å². The zero-order valence-electron chi connectivity index (χ0n) is 14.9. The fourth-order valence-corrected chi connectivity index (χ4v) is 2.49. The molecule has 3 rings (SSSR count). The molecule has 0 unspecified atom stereocenters. The van der Waals surface area contributed by atoms with Crippen LogP contribution in [0.25, 0.3) is 0 Å². The van der Waals surface area contributed by atoms with Crippen molar-refractivity contribution in [1.29, 1.82) is 0 Å². The number of carbonyl (C=O) groups excluding carboxylic acids is 1. The highest BCUT2D eigenvalue weighted by Gasteiger charge is 2.08. The molecule has 1 amide bonds. The quantitative estimate of drug-likeness (QED) is 0.691. The molecule has 2 heterocycles. The molecule has 2 N–H and O–H groups in total. The summed E-state index contributed by atoms with van der Waals surface area (Å²) in [6.07, 6.45) is 5.22. The molecule has 0 aliphatic heterocycles. The zero-order chi connectivity index (χ0) is 18.4. The molecule has 5 nitrogen and oxygen atoms in total. The third-order valence-electron chi connectivity index (χ3n) is 4.05. The molecule has 0 saturated heterocycles. The first-order chi connectivity index (χ1) is 12.6. The average Bonchev–Trinajstić information content (AvgIpc) is 2.68. The number of anilines is 2. The summed E-state index contributed by atoms with van der Waals surface area (Å²) in [5.74, 6) is 0.245. The minimum atomic E-state index is -0.221. The molecule has 0 radical (unpaired) electrons. The third-order valence-corrected chi connectivity index (χ3v) is 4.05. The number of pyridine rings is 2. The number of hydrogen-bond acceptors (Lipinski definition) is 4. The maximum atomic E-state index is 12.3. The molecule has 0 aliphatic rings. The summed E-state index contributed by atoms with van der Waals surface area (Å²) in [4.78, 5) is 20.6. The predicted octanol–water partition coefficient (Wildman–Crippen LogP) is 4.46. The highest BCUT2D eigenvalue weighted by molar-refractivity contribution is 6.02. The lowest BCUT2D eigenvalue weighted by molar-refractivity contribution is 0.102. The monoisotopic (exact) mass is 346 g/mol. The maximum Gasteiger partial charge on any atom is 0.274 e. The van der Waals surface area contributed by atoms with Crippen molar-refractivity contribution in [3.05, 3.63) is 83.9 Å². The van der Waals surface area contributed by atoms with Gasteiger partial charge in [0.2, 0.25) is 0 Å². The molecular formula is C21H22N4O. The van der Waals surface area contributed by atoms with Gasteiger partial charge in [-0.25, -0.2) is 4.98 Å². The summed E-state index contributed by atoms with van der Waals surface area (Å²) < 4.78 is 0. The molecule has 1 aromatic carbocycles. The smallest absolute Gasteiger partial charge is 0.274 e. The van der Waals surface area contributed by atoms with Crippen LogP contribution in [0.2, 0.25) is 0 Å². The second-order valence-corrected chi connectivity index (χ2v) is 6.38. The van der Waals surface area contributed by atoms with E-state index in [1.165, 1.54) is 5.56 Å². The van der Waals surface area contributed by atoms with E-state index in [0.717, 1.165) is 16.9 Å². The first-order valence-corrected chi connectivity index (χ1v) is 8.62. The number of benzene rings is 1. The summed E-state index contributed by atoms with van der Waals surface area (Å²) in [5, 5.41) is 6.13. The highest BCUT2D eigenvalue weighted by atomic mass is 16.1. The highest BCUT2D eigenvalue weighted by Crippen LogP contribution is 2.17. The van der Waals surface area contributed by atoms with Crippen molar-refractivity contribution in [1.82, 2.24) is 9.97 Å². The SMILES string of the molecule is CC(C)c1ccc(NC(=O)c2ccc(NCc3cccnc3)cn2)cc1. The topological polar surface area (TPSA) is 66.9 Å². The van der Waals surface area contributed by atoms with Gasteiger partial charge in [0.25, 0.3) is 5.91 Å². The molecule has 0 fully saturated rings. The molecule has 0 aliphatic carbocycles. The van der Waals surface area contributed by atoms with E-state index in [1.807, 2.05) is 48.7 Å². The van der Waals surface area contributed by atoms with E-state index in [0.29, 0.717) is 18.2 Å². The lowest BCUT2D eigenvalue weighted by atomic mass is 10.0.